The molecule has 21 heteroatoms. The molecule has 0 saturated heterocycles. The van der Waals surface area contributed by atoms with Crippen LogP contribution in [-0.2, 0) is 9.47 Å². The third-order valence-corrected chi connectivity index (χ3v) is 7.75. The first kappa shape index (κ1) is 35.1. The summed E-state index contributed by atoms with van der Waals surface area (Å²) in [6, 6.07) is 11.5. The van der Waals surface area contributed by atoms with Crippen molar-refractivity contribution < 1.29 is 18.9 Å². The lowest BCUT2D eigenvalue weighted by Crippen LogP contribution is -2.66. The number of anilines is 2. The first-order valence-electron chi connectivity index (χ1n) is 14.9. The molecular formula is C22H37B14N3O4. The zero-order valence-corrected chi connectivity index (χ0v) is 28.6. The van der Waals surface area contributed by atoms with E-state index in [4.69, 9.17) is 25.4 Å². The van der Waals surface area contributed by atoms with Crippen molar-refractivity contribution in [2.24, 2.45) is 0 Å². The standard InChI is InChI=1S/C22H37B14N3O4/c1-2-10-4-3-5-11(6-10)39-16-12-7-14(40-17(23,24)19(27,28)42-21(31,32)33)15(8-13(12)37-9-38-16)41-18(25,26)20(29,30)43-22(34,35)36/h1,3-9H,23-36H2,(H,37,38,39). The highest BCUT2D eigenvalue weighted by atomic mass is 16.6. The Labute approximate surface area is 270 Å². The number of benzene rings is 2. The largest absolute Gasteiger partial charge is 0.500 e. The van der Waals surface area contributed by atoms with Crippen molar-refractivity contribution >= 4 is 132 Å². The molecule has 0 radical (unpaired) electrons. The van der Waals surface area contributed by atoms with Crippen LogP contribution in [0.25, 0.3) is 10.9 Å². The third kappa shape index (κ3) is 8.82. The van der Waals surface area contributed by atoms with E-state index >= 15 is 0 Å². The van der Waals surface area contributed by atoms with E-state index in [1.54, 1.807) is 0 Å². The van der Waals surface area contributed by atoms with Crippen molar-refractivity contribution in [2.75, 3.05) is 5.32 Å². The summed E-state index contributed by atoms with van der Waals surface area (Å²) in [7, 11) is 28.5. The molecule has 7 nitrogen and oxygen atoms in total. The molecule has 0 spiro atoms. The average molecular weight is 559 g/mol. The molecule has 1 N–H and O–H groups in total. The van der Waals surface area contributed by atoms with E-state index in [1.807, 2.05) is 146 Å². The molecule has 0 bridgehead atoms. The van der Waals surface area contributed by atoms with Crippen molar-refractivity contribution in [3.05, 3.63) is 48.3 Å². The van der Waals surface area contributed by atoms with Crippen LogP contribution in [-0.4, -0.2) is 152 Å². The van der Waals surface area contributed by atoms with Gasteiger partial charge in [0.2, 0.25) is 0 Å². The van der Waals surface area contributed by atoms with Crippen LogP contribution >= 0.6 is 0 Å². The molecule has 206 valence electrons. The van der Waals surface area contributed by atoms with Gasteiger partial charge in [-0.1, -0.05) is 12.0 Å². The minimum absolute atomic E-state index is 0.367. The van der Waals surface area contributed by atoms with Gasteiger partial charge in [0.25, 0.3) is 0 Å². The Morgan fingerprint density at radius 1 is 0.651 bits per heavy atom. The normalized spacial score (nSPS) is 13.2. The second-order valence-electron chi connectivity index (χ2n) is 15.1. The number of ether oxygens (including phenoxy) is 4. The molecular weight excluding hydrogens is 522 g/mol. The second kappa shape index (κ2) is 12.2. The maximum absolute atomic E-state index is 6.85. The fourth-order valence-corrected chi connectivity index (χ4v) is 4.72. The summed E-state index contributed by atoms with van der Waals surface area (Å²) >= 11 is 0. The fourth-order valence-electron chi connectivity index (χ4n) is 4.72. The second-order valence-corrected chi connectivity index (χ2v) is 15.1. The summed E-state index contributed by atoms with van der Waals surface area (Å²) < 4.78 is 26.6. The van der Waals surface area contributed by atoms with Gasteiger partial charge >= 0.3 is 0 Å². The van der Waals surface area contributed by atoms with Gasteiger partial charge in [-0.05, 0) is 34.9 Å². The van der Waals surface area contributed by atoms with E-state index in [1.165, 1.54) is 6.33 Å². The Balaban J connectivity index is 2.18. The summed E-state index contributed by atoms with van der Waals surface area (Å²) in [6.45, 7) is 0. The van der Waals surface area contributed by atoms with Gasteiger partial charge in [0, 0.05) is 33.5 Å². The minimum Gasteiger partial charge on any atom is -0.500 e. The van der Waals surface area contributed by atoms with Crippen LogP contribution in [0.15, 0.2) is 42.7 Å². The molecule has 0 amide bonds. The summed E-state index contributed by atoms with van der Waals surface area (Å²) in [5.74, 6) is 4.38. The minimum atomic E-state index is -0.766. The molecule has 0 saturated carbocycles. The van der Waals surface area contributed by atoms with Gasteiger partial charge in [-0.3, -0.25) is 0 Å². The van der Waals surface area contributed by atoms with Gasteiger partial charge in [-0.25, -0.2) is 9.97 Å². The fraction of sp³-hybridized carbons (Fsp3) is 0.273. The average Bonchev–Trinajstić information content (AvgIpc) is 2.81. The smallest absolute Gasteiger partial charge is 0.161 e. The molecule has 3 rings (SSSR count). The molecule has 3 aromatic rings. The molecule has 0 atom stereocenters. The van der Waals surface area contributed by atoms with E-state index in [-0.39, 0.29) is 10.6 Å². The Hall–Kier alpha value is -2.43. The molecule has 2 aromatic carbocycles. The molecule has 0 fully saturated rings. The Bertz CT molecular complexity index is 1520. The van der Waals surface area contributed by atoms with Crippen molar-refractivity contribution in [2.45, 2.75) is 32.2 Å². The Morgan fingerprint density at radius 2 is 1.16 bits per heavy atom. The van der Waals surface area contributed by atoms with Gasteiger partial charge in [0.1, 0.15) is 122 Å². The van der Waals surface area contributed by atoms with Gasteiger partial charge in [-0.2, -0.15) is 0 Å². The van der Waals surface area contributed by atoms with Crippen molar-refractivity contribution in [1.29, 1.82) is 0 Å². The highest BCUT2D eigenvalue weighted by molar-refractivity contribution is 6.60. The SMILES string of the molecule is BC(B)(B)OC(B)(B)C(B)(B)Oc1cc2ncnc(Nc3cccc(C#C)c3)c2cc1OC(B)(B)C(B)(B)OC(B)(B)B. The number of rotatable bonds is 12. The van der Waals surface area contributed by atoms with E-state index in [0.717, 1.165) is 16.6 Å². The van der Waals surface area contributed by atoms with Crippen molar-refractivity contribution in [1.82, 2.24) is 9.97 Å². The van der Waals surface area contributed by atoms with Gasteiger partial charge in [0.05, 0.1) is 16.3 Å². The lowest BCUT2D eigenvalue weighted by Gasteiger charge is -2.48. The molecule has 0 aliphatic rings. The van der Waals surface area contributed by atoms with Crippen LogP contribution in [0.5, 0.6) is 11.5 Å². The molecule has 1 heterocycles. The Kier molecular flexibility index (Phi) is 9.91. The van der Waals surface area contributed by atoms with Gasteiger partial charge < -0.3 is 24.3 Å². The number of hydrogen-bond donors (Lipinski definition) is 1. The predicted octanol–water partition coefficient (Wildman–Crippen LogP) is -11.2. The first-order chi connectivity index (χ1) is 19.5. The molecule has 43 heavy (non-hydrogen) atoms. The summed E-state index contributed by atoms with van der Waals surface area (Å²) in [5, 5.41) is 0.599. The molecule has 0 aliphatic carbocycles. The zero-order chi connectivity index (χ0) is 32.6. The summed E-state index contributed by atoms with van der Waals surface area (Å²) in [4.78, 5) is 9.15. The maximum atomic E-state index is 6.85. The van der Waals surface area contributed by atoms with Crippen molar-refractivity contribution in [3.63, 3.8) is 0 Å². The number of hydrogen-bond acceptors (Lipinski definition) is 7. The lowest BCUT2D eigenvalue weighted by molar-refractivity contribution is -0.00718. The highest BCUT2D eigenvalue weighted by Crippen LogP contribution is 2.40. The van der Waals surface area contributed by atoms with Crippen LogP contribution < -0.4 is 14.8 Å². The van der Waals surface area contributed by atoms with Crippen molar-refractivity contribution in [3.8, 4) is 23.8 Å². The maximum Gasteiger partial charge on any atom is 0.161 e. The third-order valence-electron chi connectivity index (χ3n) is 7.75. The quantitative estimate of drug-likeness (QED) is 0.175. The van der Waals surface area contributed by atoms with Crippen LogP contribution in [0, 0.1) is 12.3 Å². The summed E-state index contributed by atoms with van der Waals surface area (Å²) in [6.07, 6.45) is 7.16. The van der Waals surface area contributed by atoms with E-state index in [9.17, 15) is 0 Å². The monoisotopic (exact) mass is 561 g/mol. The highest BCUT2D eigenvalue weighted by Gasteiger charge is 2.44. The van der Waals surface area contributed by atoms with E-state index < -0.39 is 21.6 Å². The zero-order valence-electron chi connectivity index (χ0n) is 28.6. The first-order valence-corrected chi connectivity index (χ1v) is 14.9. The van der Waals surface area contributed by atoms with E-state index in [0.29, 0.717) is 22.8 Å². The van der Waals surface area contributed by atoms with Crippen LogP contribution in [0.2, 0.25) is 0 Å². The number of fused-ring (bicyclic) bond motifs is 1. The van der Waals surface area contributed by atoms with Gasteiger partial charge in [-0.15, -0.1) is 6.42 Å². The number of aromatic nitrogens is 2. The topological polar surface area (TPSA) is 74.7 Å². The number of nitrogens with one attached hydrogen (secondary N) is 1. The van der Waals surface area contributed by atoms with Gasteiger partial charge in [0.15, 0.2) is 11.5 Å². The van der Waals surface area contributed by atoms with Crippen LogP contribution in [0.4, 0.5) is 11.5 Å². The summed E-state index contributed by atoms with van der Waals surface area (Å²) in [5.41, 5.74) is 2.29. The molecule has 0 aliphatic heterocycles. The predicted molar refractivity (Wildman–Crippen MR) is 217 cm³/mol. The van der Waals surface area contributed by atoms with Crippen LogP contribution in [0.1, 0.15) is 5.56 Å². The van der Waals surface area contributed by atoms with E-state index in [2.05, 4.69) is 21.2 Å². The molecule has 1 aromatic heterocycles. The Morgan fingerprint density at radius 3 is 1.65 bits per heavy atom. The molecule has 0 unspecified atom stereocenters. The van der Waals surface area contributed by atoms with Crippen LogP contribution in [0.3, 0.4) is 0 Å². The number of terminal acetylenes is 1. The lowest BCUT2D eigenvalue weighted by atomic mass is 9.40. The number of nitrogens with zero attached hydrogens (tertiary/aromatic N) is 2.